The van der Waals surface area contributed by atoms with Crippen molar-refractivity contribution in [3.8, 4) is 0 Å². The summed E-state index contributed by atoms with van der Waals surface area (Å²) in [5.41, 5.74) is 3.30. The van der Waals surface area contributed by atoms with Crippen LogP contribution >= 0.6 is 0 Å². The van der Waals surface area contributed by atoms with E-state index in [-0.39, 0.29) is 24.1 Å². The van der Waals surface area contributed by atoms with E-state index in [4.69, 9.17) is 0 Å². The van der Waals surface area contributed by atoms with E-state index < -0.39 is 11.6 Å². The van der Waals surface area contributed by atoms with Crippen molar-refractivity contribution in [3.05, 3.63) is 107 Å². The van der Waals surface area contributed by atoms with Crippen molar-refractivity contribution >= 4 is 11.8 Å². The summed E-state index contributed by atoms with van der Waals surface area (Å²) in [6.45, 7) is 8.09. The molecular formula is C29H33FN2O2. The molecule has 34 heavy (non-hydrogen) atoms. The molecule has 3 rings (SSSR count). The molecule has 0 fully saturated rings. The van der Waals surface area contributed by atoms with Crippen LogP contribution in [-0.4, -0.2) is 28.3 Å². The summed E-state index contributed by atoms with van der Waals surface area (Å²) in [6, 6.07) is 22.9. The SMILES string of the molecule is Cc1ccc(CN(C(=O)Cc2ccc(F)cc2)[C@@H](Cc2ccccc2)C(=O)NC(C)(C)C)cc1. The number of aryl methyl sites for hydroxylation is 1. The highest BCUT2D eigenvalue weighted by Gasteiger charge is 2.32. The maximum Gasteiger partial charge on any atom is 0.243 e. The maximum atomic E-state index is 13.6. The third kappa shape index (κ3) is 7.55. The molecule has 0 saturated carbocycles. The number of hydrogen-bond acceptors (Lipinski definition) is 2. The van der Waals surface area contributed by atoms with Crippen molar-refractivity contribution in [3.63, 3.8) is 0 Å². The van der Waals surface area contributed by atoms with Gasteiger partial charge < -0.3 is 10.2 Å². The first-order valence-corrected chi connectivity index (χ1v) is 11.6. The van der Waals surface area contributed by atoms with Gasteiger partial charge in [0.1, 0.15) is 11.9 Å². The van der Waals surface area contributed by atoms with Crippen LogP contribution in [0.3, 0.4) is 0 Å². The third-order valence-corrected chi connectivity index (χ3v) is 5.51. The number of nitrogens with one attached hydrogen (secondary N) is 1. The molecule has 0 aliphatic rings. The summed E-state index contributed by atoms with van der Waals surface area (Å²) in [5.74, 6) is -0.729. The fraction of sp³-hybridized carbons (Fsp3) is 0.310. The number of nitrogens with zero attached hydrogens (tertiary/aromatic N) is 1. The second-order valence-corrected chi connectivity index (χ2v) is 9.76. The van der Waals surface area contributed by atoms with Crippen LogP contribution in [0.5, 0.6) is 0 Å². The zero-order chi connectivity index (χ0) is 24.7. The smallest absolute Gasteiger partial charge is 0.243 e. The van der Waals surface area contributed by atoms with Crippen molar-refractivity contribution < 1.29 is 14.0 Å². The highest BCUT2D eigenvalue weighted by atomic mass is 19.1. The van der Waals surface area contributed by atoms with Crippen LogP contribution in [0.1, 0.15) is 43.0 Å². The molecule has 0 bridgehead atoms. The van der Waals surface area contributed by atoms with Crippen molar-refractivity contribution in [2.45, 2.75) is 58.7 Å². The molecule has 3 aromatic carbocycles. The van der Waals surface area contributed by atoms with Gasteiger partial charge in [-0.25, -0.2) is 4.39 Å². The van der Waals surface area contributed by atoms with Gasteiger partial charge in [0.2, 0.25) is 11.8 Å². The van der Waals surface area contributed by atoms with Crippen LogP contribution in [-0.2, 0) is 29.0 Å². The van der Waals surface area contributed by atoms with Crippen LogP contribution < -0.4 is 5.32 Å². The van der Waals surface area contributed by atoms with E-state index in [2.05, 4.69) is 5.32 Å². The van der Waals surface area contributed by atoms with Crippen LogP contribution in [0.2, 0.25) is 0 Å². The van der Waals surface area contributed by atoms with Gasteiger partial charge in [-0.05, 0) is 56.5 Å². The average Bonchev–Trinajstić information content (AvgIpc) is 2.78. The van der Waals surface area contributed by atoms with E-state index in [0.717, 1.165) is 16.7 Å². The number of benzene rings is 3. The molecule has 178 valence electrons. The second-order valence-electron chi connectivity index (χ2n) is 9.76. The maximum absolute atomic E-state index is 13.6. The molecule has 0 unspecified atom stereocenters. The zero-order valence-electron chi connectivity index (χ0n) is 20.3. The molecule has 2 amide bonds. The van der Waals surface area contributed by atoms with E-state index in [1.807, 2.05) is 82.3 Å². The molecule has 0 saturated heterocycles. The Labute approximate surface area is 201 Å². The summed E-state index contributed by atoms with van der Waals surface area (Å²) in [5, 5.41) is 3.06. The predicted octanol–water partition coefficient (Wildman–Crippen LogP) is 5.23. The highest BCUT2D eigenvalue weighted by molar-refractivity contribution is 5.89. The zero-order valence-corrected chi connectivity index (χ0v) is 20.3. The van der Waals surface area contributed by atoms with Crippen LogP contribution in [0.25, 0.3) is 0 Å². The first-order chi connectivity index (χ1) is 16.1. The highest BCUT2D eigenvalue weighted by Crippen LogP contribution is 2.18. The third-order valence-electron chi connectivity index (χ3n) is 5.51. The lowest BCUT2D eigenvalue weighted by Gasteiger charge is -2.34. The van der Waals surface area contributed by atoms with Gasteiger partial charge in [-0.15, -0.1) is 0 Å². The molecule has 1 N–H and O–H groups in total. The standard InChI is InChI=1S/C29H33FN2O2/c1-21-10-12-24(13-11-21)20-32(27(33)19-23-14-16-25(30)17-15-23)26(28(34)31-29(2,3)4)18-22-8-6-5-7-9-22/h5-17,26H,18-20H2,1-4H3,(H,31,34)/t26-/m0/s1. The summed E-state index contributed by atoms with van der Waals surface area (Å²) in [7, 11) is 0. The minimum atomic E-state index is -0.698. The molecule has 0 heterocycles. The number of amides is 2. The van der Waals surface area contributed by atoms with Gasteiger partial charge in [-0.2, -0.15) is 0 Å². The Hall–Kier alpha value is -3.47. The molecule has 0 aliphatic heterocycles. The normalized spacial score (nSPS) is 12.1. The number of halogens is 1. The molecule has 1 atom stereocenters. The Morgan fingerprint density at radius 1 is 0.853 bits per heavy atom. The van der Waals surface area contributed by atoms with Gasteiger partial charge in [0.05, 0.1) is 6.42 Å². The minimum absolute atomic E-state index is 0.0836. The van der Waals surface area contributed by atoms with Crippen LogP contribution in [0.15, 0.2) is 78.9 Å². The van der Waals surface area contributed by atoms with Gasteiger partial charge in [-0.1, -0.05) is 72.3 Å². The molecule has 5 heteroatoms. The predicted molar refractivity (Wildman–Crippen MR) is 134 cm³/mol. The Kier molecular flexibility index (Phi) is 8.21. The number of carbonyl (C=O) groups is 2. The van der Waals surface area contributed by atoms with Gasteiger partial charge in [0.25, 0.3) is 0 Å². The van der Waals surface area contributed by atoms with E-state index in [0.29, 0.717) is 18.5 Å². The molecule has 0 aliphatic carbocycles. The number of hydrogen-bond donors (Lipinski definition) is 1. The van der Waals surface area contributed by atoms with Crippen molar-refractivity contribution in [1.29, 1.82) is 0 Å². The Morgan fingerprint density at radius 3 is 2.03 bits per heavy atom. The van der Waals surface area contributed by atoms with E-state index in [1.54, 1.807) is 17.0 Å². The largest absolute Gasteiger partial charge is 0.350 e. The van der Waals surface area contributed by atoms with Gasteiger partial charge >= 0.3 is 0 Å². The fourth-order valence-electron chi connectivity index (χ4n) is 3.78. The van der Waals surface area contributed by atoms with Crippen molar-refractivity contribution in [2.24, 2.45) is 0 Å². The molecule has 3 aromatic rings. The molecule has 4 nitrogen and oxygen atoms in total. The first-order valence-electron chi connectivity index (χ1n) is 11.6. The van der Waals surface area contributed by atoms with Gasteiger partial charge in [0, 0.05) is 18.5 Å². The Morgan fingerprint density at radius 2 is 1.44 bits per heavy atom. The number of rotatable bonds is 8. The summed E-state index contributed by atoms with van der Waals surface area (Å²) < 4.78 is 13.4. The second kappa shape index (κ2) is 11.1. The summed E-state index contributed by atoms with van der Waals surface area (Å²) >= 11 is 0. The molecular weight excluding hydrogens is 427 g/mol. The van der Waals surface area contributed by atoms with Gasteiger partial charge in [0.15, 0.2) is 0 Å². The Bertz CT molecular complexity index is 1090. The molecule has 0 aromatic heterocycles. The lowest BCUT2D eigenvalue weighted by molar-refractivity contribution is -0.141. The Balaban J connectivity index is 1.97. The minimum Gasteiger partial charge on any atom is -0.350 e. The van der Waals surface area contributed by atoms with Crippen molar-refractivity contribution in [2.75, 3.05) is 0 Å². The van der Waals surface area contributed by atoms with Crippen LogP contribution in [0, 0.1) is 12.7 Å². The lowest BCUT2D eigenvalue weighted by Crippen LogP contribution is -2.54. The van der Waals surface area contributed by atoms with Crippen LogP contribution in [0.4, 0.5) is 4.39 Å². The van der Waals surface area contributed by atoms with E-state index in [1.165, 1.54) is 12.1 Å². The topological polar surface area (TPSA) is 49.4 Å². The summed E-state index contributed by atoms with van der Waals surface area (Å²) in [6.07, 6.45) is 0.476. The monoisotopic (exact) mass is 460 g/mol. The molecule has 0 spiro atoms. The number of carbonyl (C=O) groups excluding carboxylic acids is 2. The fourth-order valence-corrected chi connectivity index (χ4v) is 3.78. The lowest BCUT2D eigenvalue weighted by atomic mass is 9.99. The summed E-state index contributed by atoms with van der Waals surface area (Å²) in [4.78, 5) is 28.8. The van der Waals surface area contributed by atoms with Gasteiger partial charge in [-0.3, -0.25) is 9.59 Å². The average molecular weight is 461 g/mol. The quantitative estimate of drug-likeness (QED) is 0.500. The van der Waals surface area contributed by atoms with E-state index >= 15 is 0 Å². The van der Waals surface area contributed by atoms with E-state index in [9.17, 15) is 14.0 Å². The first kappa shape index (κ1) is 25.2. The molecule has 0 radical (unpaired) electrons. The van der Waals surface area contributed by atoms with Crippen molar-refractivity contribution in [1.82, 2.24) is 10.2 Å².